The first-order chi connectivity index (χ1) is 9.50. The van der Waals surface area contributed by atoms with E-state index in [4.69, 9.17) is 5.11 Å². The summed E-state index contributed by atoms with van der Waals surface area (Å²) in [5, 5.41) is 18.5. The second kappa shape index (κ2) is 6.03. The summed E-state index contributed by atoms with van der Waals surface area (Å²) in [5.74, 6) is -1.83. The molecule has 0 unspecified atom stereocenters. The number of aryl methyl sites for hydroxylation is 1. The molecule has 0 atom stereocenters. The average Bonchev–Trinajstić information content (AvgIpc) is 2.36. The topological polar surface area (TPSA) is 104 Å². The Hall–Kier alpha value is -1.60. The SMILES string of the molecule is CCC(C)(C)CNS(=O)(=O)c1cc(C(=O)O)c(O)cc1C. The summed E-state index contributed by atoms with van der Waals surface area (Å²) in [7, 11) is -3.83. The lowest BCUT2D eigenvalue weighted by Gasteiger charge is -2.23. The van der Waals surface area contributed by atoms with Crippen molar-refractivity contribution in [3.63, 3.8) is 0 Å². The van der Waals surface area contributed by atoms with Gasteiger partial charge < -0.3 is 10.2 Å². The number of phenols is 1. The summed E-state index contributed by atoms with van der Waals surface area (Å²) >= 11 is 0. The van der Waals surface area contributed by atoms with E-state index in [1.165, 1.54) is 6.92 Å². The number of carbonyl (C=O) groups is 1. The van der Waals surface area contributed by atoms with E-state index < -0.39 is 27.3 Å². The second-order valence-corrected chi connectivity index (χ2v) is 7.52. The molecular formula is C14H21NO5S. The molecule has 0 aliphatic heterocycles. The van der Waals surface area contributed by atoms with Crippen molar-refractivity contribution in [1.29, 1.82) is 0 Å². The van der Waals surface area contributed by atoms with E-state index >= 15 is 0 Å². The van der Waals surface area contributed by atoms with Crippen LogP contribution in [-0.2, 0) is 10.0 Å². The van der Waals surface area contributed by atoms with Gasteiger partial charge in [-0.25, -0.2) is 17.9 Å². The molecule has 1 aromatic rings. The molecule has 0 aromatic heterocycles. The number of sulfonamides is 1. The van der Waals surface area contributed by atoms with Crippen LogP contribution >= 0.6 is 0 Å². The van der Waals surface area contributed by atoms with Gasteiger partial charge in [0.25, 0.3) is 0 Å². The zero-order valence-electron chi connectivity index (χ0n) is 12.6. The molecule has 0 spiro atoms. The van der Waals surface area contributed by atoms with Gasteiger partial charge in [0.05, 0.1) is 4.90 Å². The lowest BCUT2D eigenvalue weighted by molar-refractivity contribution is 0.0693. The zero-order valence-corrected chi connectivity index (χ0v) is 13.4. The summed E-state index contributed by atoms with van der Waals surface area (Å²) in [6.07, 6.45) is 0.796. The van der Waals surface area contributed by atoms with Crippen LogP contribution < -0.4 is 4.72 Å². The van der Waals surface area contributed by atoms with E-state index in [0.717, 1.165) is 18.6 Å². The molecule has 0 saturated heterocycles. The Balaban J connectivity index is 3.20. The number of rotatable bonds is 6. The van der Waals surface area contributed by atoms with Crippen LogP contribution in [0.3, 0.4) is 0 Å². The largest absolute Gasteiger partial charge is 0.507 e. The molecule has 21 heavy (non-hydrogen) atoms. The minimum atomic E-state index is -3.83. The molecule has 6 nitrogen and oxygen atoms in total. The Labute approximate surface area is 124 Å². The standard InChI is InChI=1S/C14H21NO5S/c1-5-14(3,4)8-15-21(19,20)12-7-10(13(17)18)11(16)6-9(12)2/h6-7,15-16H,5,8H2,1-4H3,(H,17,18). The minimum absolute atomic E-state index is 0.135. The quantitative estimate of drug-likeness (QED) is 0.746. The summed E-state index contributed by atoms with van der Waals surface area (Å²) in [6, 6.07) is 2.12. The van der Waals surface area contributed by atoms with Crippen LogP contribution in [0.1, 0.15) is 43.1 Å². The van der Waals surface area contributed by atoms with Crippen LogP contribution in [0.15, 0.2) is 17.0 Å². The van der Waals surface area contributed by atoms with Gasteiger partial charge in [-0.1, -0.05) is 20.8 Å². The Morgan fingerprint density at radius 2 is 1.90 bits per heavy atom. The zero-order chi connectivity index (χ0) is 16.4. The number of benzene rings is 1. The van der Waals surface area contributed by atoms with Crippen molar-refractivity contribution in [2.24, 2.45) is 5.41 Å². The summed E-state index contributed by atoms with van der Waals surface area (Å²) < 4.78 is 27.1. The third-order valence-electron chi connectivity index (χ3n) is 3.51. The highest BCUT2D eigenvalue weighted by Gasteiger charge is 2.24. The number of carboxylic acid groups (broad SMARTS) is 1. The number of aromatic carboxylic acids is 1. The molecule has 1 rings (SSSR count). The van der Waals surface area contributed by atoms with Crippen molar-refractivity contribution in [1.82, 2.24) is 4.72 Å². The van der Waals surface area contributed by atoms with Gasteiger partial charge in [0.15, 0.2) is 0 Å². The van der Waals surface area contributed by atoms with Gasteiger partial charge in [-0.3, -0.25) is 0 Å². The van der Waals surface area contributed by atoms with Crippen LogP contribution in [-0.4, -0.2) is 31.1 Å². The number of hydrogen-bond acceptors (Lipinski definition) is 4. The fourth-order valence-corrected chi connectivity index (χ4v) is 3.12. The van der Waals surface area contributed by atoms with Gasteiger partial charge in [-0.2, -0.15) is 0 Å². The van der Waals surface area contributed by atoms with Crippen molar-refractivity contribution in [2.75, 3.05) is 6.54 Å². The Morgan fingerprint density at radius 3 is 2.38 bits per heavy atom. The average molecular weight is 315 g/mol. The number of carboxylic acids is 1. The van der Waals surface area contributed by atoms with Crippen LogP contribution in [0, 0.1) is 12.3 Å². The van der Waals surface area contributed by atoms with Crippen LogP contribution in [0.25, 0.3) is 0 Å². The first-order valence-corrected chi connectivity index (χ1v) is 8.05. The third kappa shape index (κ3) is 4.18. The van der Waals surface area contributed by atoms with Crippen molar-refractivity contribution in [2.45, 2.75) is 39.0 Å². The van der Waals surface area contributed by atoms with E-state index in [0.29, 0.717) is 5.56 Å². The molecule has 0 aliphatic carbocycles. The van der Waals surface area contributed by atoms with E-state index in [1.54, 1.807) is 0 Å². The predicted molar refractivity (Wildman–Crippen MR) is 79.1 cm³/mol. The molecule has 0 heterocycles. The molecule has 3 N–H and O–H groups in total. The highest BCUT2D eigenvalue weighted by molar-refractivity contribution is 7.89. The van der Waals surface area contributed by atoms with Crippen molar-refractivity contribution >= 4 is 16.0 Å². The van der Waals surface area contributed by atoms with Gasteiger partial charge in [0, 0.05) is 6.54 Å². The number of hydrogen-bond donors (Lipinski definition) is 3. The van der Waals surface area contributed by atoms with Crippen LogP contribution in [0.4, 0.5) is 0 Å². The first kappa shape index (κ1) is 17.5. The molecule has 0 bridgehead atoms. The summed E-state index contributed by atoms with van der Waals surface area (Å²) in [5.41, 5.74) is -0.344. The maximum atomic E-state index is 12.3. The van der Waals surface area contributed by atoms with Gasteiger partial charge in [-0.15, -0.1) is 0 Å². The van der Waals surface area contributed by atoms with E-state index in [1.807, 2.05) is 20.8 Å². The summed E-state index contributed by atoms with van der Waals surface area (Å²) in [6.45, 7) is 7.58. The van der Waals surface area contributed by atoms with Gasteiger partial charge in [-0.05, 0) is 36.5 Å². The maximum absolute atomic E-state index is 12.3. The molecule has 118 valence electrons. The van der Waals surface area contributed by atoms with Crippen molar-refractivity contribution in [3.05, 3.63) is 23.3 Å². The highest BCUT2D eigenvalue weighted by atomic mass is 32.2. The smallest absolute Gasteiger partial charge is 0.339 e. The normalized spacial score (nSPS) is 12.4. The predicted octanol–water partition coefficient (Wildman–Crippen LogP) is 2.11. The van der Waals surface area contributed by atoms with Gasteiger partial charge >= 0.3 is 5.97 Å². The molecule has 0 radical (unpaired) electrons. The van der Waals surface area contributed by atoms with E-state index in [9.17, 15) is 18.3 Å². The second-order valence-electron chi connectivity index (χ2n) is 5.78. The molecule has 0 saturated carbocycles. The molecular weight excluding hydrogens is 294 g/mol. The molecule has 7 heteroatoms. The number of aromatic hydroxyl groups is 1. The van der Waals surface area contributed by atoms with E-state index in [-0.39, 0.29) is 16.9 Å². The fraction of sp³-hybridized carbons (Fsp3) is 0.500. The first-order valence-electron chi connectivity index (χ1n) is 6.57. The monoisotopic (exact) mass is 315 g/mol. The fourth-order valence-electron chi connectivity index (χ4n) is 1.63. The van der Waals surface area contributed by atoms with Crippen LogP contribution in [0.2, 0.25) is 0 Å². The van der Waals surface area contributed by atoms with E-state index in [2.05, 4.69) is 4.72 Å². The van der Waals surface area contributed by atoms with Gasteiger partial charge in [0.2, 0.25) is 10.0 Å². The van der Waals surface area contributed by atoms with Crippen molar-refractivity contribution < 1.29 is 23.4 Å². The molecule has 1 aromatic carbocycles. The number of nitrogens with one attached hydrogen (secondary N) is 1. The molecule has 0 amide bonds. The van der Waals surface area contributed by atoms with Crippen molar-refractivity contribution in [3.8, 4) is 5.75 Å². The highest BCUT2D eigenvalue weighted by Crippen LogP contribution is 2.26. The maximum Gasteiger partial charge on any atom is 0.339 e. The summed E-state index contributed by atoms with van der Waals surface area (Å²) in [4.78, 5) is 10.9. The lowest BCUT2D eigenvalue weighted by Crippen LogP contribution is -2.34. The molecule has 0 fully saturated rings. The Morgan fingerprint density at radius 1 is 1.33 bits per heavy atom. The Kier molecular flexibility index (Phi) is 5.01. The Bertz CT molecular complexity index is 650. The minimum Gasteiger partial charge on any atom is -0.507 e. The lowest BCUT2D eigenvalue weighted by atomic mass is 9.91. The molecule has 0 aliphatic rings. The van der Waals surface area contributed by atoms with Crippen LogP contribution in [0.5, 0.6) is 5.75 Å². The third-order valence-corrected chi connectivity index (χ3v) is 5.05. The van der Waals surface area contributed by atoms with Gasteiger partial charge in [0.1, 0.15) is 11.3 Å².